The molecule has 9 heteroatoms. The molecule has 1 amide bonds. The number of para-hydroxylation sites is 1. The Balaban J connectivity index is 1.82. The molecule has 39 heavy (non-hydrogen) atoms. The van der Waals surface area contributed by atoms with E-state index in [2.05, 4.69) is 18.5 Å². The highest BCUT2D eigenvalue weighted by Crippen LogP contribution is 2.16. The van der Waals surface area contributed by atoms with Crippen molar-refractivity contribution in [1.29, 1.82) is 0 Å². The first kappa shape index (κ1) is 31.0. The number of rotatable bonds is 17. The van der Waals surface area contributed by atoms with Gasteiger partial charge in [0.15, 0.2) is 6.10 Å². The molecular formula is C30H37NO8. The van der Waals surface area contributed by atoms with Gasteiger partial charge in [-0.3, -0.25) is 0 Å². The number of hydrogen-bond acceptors (Lipinski definition) is 8. The molecule has 1 N–H and O–H groups in total. The summed E-state index contributed by atoms with van der Waals surface area (Å²) in [5.41, 5.74) is 1.43. The number of ether oxygens (including phenoxy) is 5. The van der Waals surface area contributed by atoms with Crippen LogP contribution in [0, 0.1) is 0 Å². The Bertz CT molecular complexity index is 1100. The van der Waals surface area contributed by atoms with Crippen LogP contribution in [0.1, 0.15) is 38.7 Å². The molecule has 2 aromatic carbocycles. The Labute approximate surface area is 229 Å². The second-order valence-electron chi connectivity index (χ2n) is 8.87. The standard InChI is InChI=1S/C30H37NO8/c1-22(2)28(32)35-17-10-6-9-16-31-30(34)39-27(20-36-25-13-7-5-8-14-25)21-37-26-15-11-12-24(18-26)19-38-29(33)23(3)4/h5,7-8,11-15,18,27H,1,3,6,9-10,16-17,19-21H2,2,4H3,(H,31,34). The smallest absolute Gasteiger partial charge is 0.407 e. The maximum atomic E-state index is 12.4. The van der Waals surface area contributed by atoms with Crippen LogP contribution < -0.4 is 14.8 Å². The first-order chi connectivity index (χ1) is 18.7. The van der Waals surface area contributed by atoms with Crippen LogP contribution in [0.15, 0.2) is 78.9 Å². The lowest BCUT2D eigenvalue weighted by Gasteiger charge is -2.20. The van der Waals surface area contributed by atoms with E-state index in [4.69, 9.17) is 23.7 Å². The molecule has 1 unspecified atom stereocenters. The number of alkyl carbamates (subject to hydrolysis) is 1. The Hall–Kier alpha value is -4.27. The zero-order valence-electron chi connectivity index (χ0n) is 22.6. The van der Waals surface area contributed by atoms with E-state index < -0.39 is 24.1 Å². The minimum absolute atomic E-state index is 0.0450. The van der Waals surface area contributed by atoms with Crippen LogP contribution >= 0.6 is 0 Å². The molecule has 0 aliphatic heterocycles. The molecule has 0 radical (unpaired) electrons. The Morgan fingerprint density at radius 2 is 1.44 bits per heavy atom. The topological polar surface area (TPSA) is 109 Å². The maximum absolute atomic E-state index is 12.4. The van der Waals surface area contributed by atoms with Crippen LogP contribution in [0.4, 0.5) is 4.79 Å². The van der Waals surface area contributed by atoms with Crippen molar-refractivity contribution in [3.05, 3.63) is 84.5 Å². The van der Waals surface area contributed by atoms with Crippen molar-refractivity contribution in [1.82, 2.24) is 5.32 Å². The summed E-state index contributed by atoms with van der Waals surface area (Å²) in [6, 6.07) is 16.3. The SMILES string of the molecule is C=C(C)C(=O)OCCCCCNC(=O)OC(COc1ccccc1)COc1cccc(COC(=O)C(=C)C)c1. The highest BCUT2D eigenvalue weighted by atomic mass is 16.6. The van der Waals surface area contributed by atoms with E-state index in [1.807, 2.05) is 24.3 Å². The van der Waals surface area contributed by atoms with E-state index in [1.165, 1.54) is 0 Å². The molecule has 9 nitrogen and oxygen atoms in total. The lowest BCUT2D eigenvalue weighted by molar-refractivity contribution is -0.140. The summed E-state index contributed by atoms with van der Waals surface area (Å²) in [6.45, 7) is 11.2. The lowest BCUT2D eigenvalue weighted by Crippen LogP contribution is -2.36. The minimum Gasteiger partial charge on any atom is -0.490 e. The molecular weight excluding hydrogens is 502 g/mol. The van der Waals surface area contributed by atoms with Gasteiger partial charge >= 0.3 is 18.0 Å². The van der Waals surface area contributed by atoms with E-state index in [-0.39, 0.29) is 19.8 Å². The predicted octanol–water partition coefficient (Wildman–Crippen LogP) is 5.15. The van der Waals surface area contributed by atoms with Gasteiger partial charge in [-0.05, 0) is 62.9 Å². The predicted molar refractivity (Wildman–Crippen MR) is 146 cm³/mol. The zero-order valence-corrected chi connectivity index (χ0v) is 22.6. The van der Waals surface area contributed by atoms with Crippen molar-refractivity contribution in [2.45, 2.75) is 45.8 Å². The fourth-order valence-electron chi connectivity index (χ4n) is 3.08. The van der Waals surface area contributed by atoms with Gasteiger partial charge in [0.1, 0.15) is 31.3 Å². The molecule has 2 aromatic rings. The molecule has 0 heterocycles. The third-order valence-electron chi connectivity index (χ3n) is 5.18. The Morgan fingerprint density at radius 1 is 0.795 bits per heavy atom. The summed E-state index contributed by atoms with van der Waals surface area (Å²) < 4.78 is 27.4. The summed E-state index contributed by atoms with van der Waals surface area (Å²) in [5, 5.41) is 2.72. The second kappa shape index (κ2) is 17.3. The van der Waals surface area contributed by atoms with Gasteiger partial charge in [-0.25, -0.2) is 14.4 Å². The lowest BCUT2D eigenvalue weighted by atomic mass is 10.2. The summed E-state index contributed by atoms with van der Waals surface area (Å²) in [4.78, 5) is 35.4. The highest BCUT2D eigenvalue weighted by molar-refractivity contribution is 5.87. The molecule has 0 bridgehead atoms. The maximum Gasteiger partial charge on any atom is 0.407 e. The number of esters is 2. The second-order valence-corrected chi connectivity index (χ2v) is 8.87. The largest absolute Gasteiger partial charge is 0.490 e. The minimum atomic E-state index is -0.698. The normalized spacial score (nSPS) is 11.0. The van der Waals surface area contributed by atoms with Gasteiger partial charge in [0, 0.05) is 17.7 Å². The van der Waals surface area contributed by atoms with E-state index >= 15 is 0 Å². The molecule has 210 valence electrons. The number of unbranched alkanes of at least 4 members (excludes halogenated alkanes) is 2. The van der Waals surface area contributed by atoms with Gasteiger partial charge in [0.2, 0.25) is 0 Å². The van der Waals surface area contributed by atoms with Gasteiger partial charge in [-0.15, -0.1) is 0 Å². The summed E-state index contributed by atoms with van der Waals surface area (Å²) in [6.07, 6.45) is 0.865. The van der Waals surface area contributed by atoms with Gasteiger partial charge in [0.25, 0.3) is 0 Å². The fourth-order valence-corrected chi connectivity index (χ4v) is 3.08. The Kier molecular flexibility index (Phi) is 13.7. The molecule has 0 aliphatic carbocycles. The first-order valence-corrected chi connectivity index (χ1v) is 12.7. The molecule has 2 rings (SSSR count). The molecule has 0 saturated heterocycles. The number of carbonyl (C=O) groups excluding carboxylic acids is 3. The first-order valence-electron chi connectivity index (χ1n) is 12.7. The van der Waals surface area contributed by atoms with Gasteiger partial charge in [-0.1, -0.05) is 43.5 Å². The highest BCUT2D eigenvalue weighted by Gasteiger charge is 2.17. The van der Waals surface area contributed by atoms with Crippen LogP contribution in [-0.2, 0) is 30.4 Å². The number of carbonyl (C=O) groups is 3. The van der Waals surface area contributed by atoms with E-state index in [9.17, 15) is 14.4 Å². The summed E-state index contributed by atoms with van der Waals surface area (Å²) in [5.74, 6) is 0.297. The van der Waals surface area contributed by atoms with E-state index in [0.717, 1.165) is 12.0 Å². The van der Waals surface area contributed by atoms with Crippen molar-refractivity contribution in [3.63, 3.8) is 0 Å². The molecule has 0 aliphatic rings. The number of hydrogen-bond donors (Lipinski definition) is 1. The molecule has 0 spiro atoms. The van der Waals surface area contributed by atoms with Crippen molar-refractivity contribution in [2.24, 2.45) is 0 Å². The van der Waals surface area contributed by atoms with Gasteiger partial charge in [0.05, 0.1) is 6.61 Å². The van der Waals surface area contributed by atoms with Crippen LogP contribution in [-0.4, -0.2) is 50.5 Å². The summed E-state index contributed by atoms with van der Waals surface area (Å²) >= 11 is 0. The molecule has 1 atom stereocenters. The molecule has 0 fully saturated rings. The Morgan fingerprint density at radius 3 is 2.13 bits per heavy atom. The monoisotopic (exact) mass is 539 g/mol. The zero-order chi connectivity index (χ0) is 28.5. The molecule has 0 saturated carbocycles. The average molecular weight is 540 g/mol. The average Bonchev–Trinajstić information content (AvgIpc) is 2.93. The number of benzene rings is 2. The number of nitrogens with one attached hydrogen (secondary N) is 1. The quantitative estimate of drug-likeness (QED) is 0.127. The van der Waals surface area contributed by atoms with Gasteiger partial charge < -0.3 is 29.0 Å². The number of amides is 1. The van der Waals surface area contributed by atoms with Crippen LogP contribution in [0.3, 0.4) is 0 Å². The van der Waals surface area contributed by atoms with Crippen LogP contribution in [0.2, 0.25) is 0 Å². The van der Waals surface area contributed by atoms with Gasteiger partial charge in [-0.2, -0.15) is 0 Å². The fraction of sp³-hybridized carbons (Fsp3) is 0.367. The van der Waals surface area contributed by atoms with Crippen LogP contribution in [0.25, 0.3) is 0 Å². The van der Waals surface area contributed by atoms with E-state index in [1.54, 1.807) is 44.2 Å². The van der Waals surface area contributed by atoms with Crippen molar-refractivity contribution < 1.29 is 38.1 Å². The summed E-state index contributed by atoms with van der Waals surface area (Å²) in [7, 11) is 0. The molecule has 0 aromatic heterocycles. The van der Waals surface area contributed by atoms with Crippen molar-refractivity contribution in [3.8, 4) is 11.5 Å². The van der Waals surface area contributed by atoms with Crippen LogP contribution in [0.5, 0.6) is 11.5 Å². The van der Waals surface area contributed by atoms with Crippen molar-refractivity contribution >= 4 is 18.0 Å². The van der Waals surface area contributed by atoms with E-state index in [0.29, 0.717) is 48.6 Å². The van der Waals surface area contributed by atoms with Crippen molar-refractivity contribution in [2.75, 3.05) is 26.4 Å². The third-order valence-corrected chi connectivity index (χ3v) is 5.18. The third kappa shape index (κ3) is 13.2.